The topological polar surface area (TPSA) is 41.6 Å². The zero-order chi connectivity index (χ0) is 20.5. The van der Waals surface area contributed by atoms with E-state index < -0.39 is 0 Å². The smallest absolute Gasteiger partial charge is 0.197 e. The second-order valence-corrected chi connectivity index (χ2v) is 7.89. The quantitative estimate of drug-likeness (QED) is 0.363. The van der Waals surface area contributed by atoms with Crippen molar-refractivity contribution < 1.29 is 0 Å². The lowest BCUT2D eigenvalue weighted by molar-refractivity contribution is 0.423. The van der Waals surface area contributed by atoms with Crippen LogP contribution in [0.25, 0.3) is 10.8 Å². The first kappa shape index (κ1) is 18.4. The van der Waals surface area contributed by atoms with E-state index in [0.717, 1.165) is 18.5 Å². The number of hydrogen-bond acceptors (Lipinski definition) is 1. The monoisotopic (exact) mass is 391 g/mol. The standard InChI is InChI=1S/C27H25N3/c1-30(26(21-9-4-2-5-10-21)22-11-6-3-7-12-22)27(28)29-24-18-17-20-16-15-19-13-8-14-23(24)25(19)20/h2-14,17-18,26H,15-16H2,1H3,(H2,28,29). The van der Waals surface area contributed by atoms with Gasteiger partial charge in [-0.25, -0.2) is 4.99 Å². The molecule has 148 valence electrons. The Balaban J connectivity index is 1.57. The highest BCUT2D eigenvalue weighted by Crippen LogP contribution is 2.36. The Labute approximate surface area is 177 Å². The van der Waals surface area contributed by atoms with Gasteiger partial charge in [0.25, 0.3) is 0 Å². The van der Waals surface area contributed by atoms with Crippen molar-refractivity contribution in [2.24, 2.45) is 10.7 Å². The van der Waals surface area contributed by atoms with E-state index in [4.69, 9.17) is 10.7 Å². The molecule has 30 heavy (non-hydrogen) atoms. The highest BCUT2D eigenvalue weighted by molar-refractivity contribution is 6.00. The maximum absolute atomic E-state index is 6.58. The van der Waals surface area contributed by atoms with Crippen LogP contribution in [0.1, 0.15) is 28.3 Å². The summed E-state index contributed by atoms with van der Waals surface area (Å²) in [5.74, 6) is 0.506. The van der Waals surface area contributed by atoms with Gasteiger partial charge in [0.1, 0.15) is 0 Å². The molecule has 3 heteroatoms. The third-order valence-electron chi connectivity index (χ3n) is 6.07. The second-order valence-electron chi connectivity index (χ2n) is 7.89. The molecule has 1 aliphatic rings. The predicted octanol–water partition coefficient (Wildman–Crippen LogP) is 5.61. The summed E-state index contributed by atoms with van der Waals surface area (Å²) in [6, 6.07) is 31.7. The summed E-state index contributed by atoms with van der Waals surface area (Å²) in [5, 5.41) is 2.55. The third kappa shape index (κ3) is 3.22. The minimum Gasteiger partial charge on any atom is -0.369 e. The van der Waals surface area contributed by atoms with Crippen LogP contribution in [-0.2, 0) is 12.8 Å². The Morgan fingerprint density at radius 1 is 0.767 bits per heavy atom. The summed E-state index contributed by atoms with van der Waals surface area (Å²) in [6.07, 6.45) is 2.22. The highest BCUT2D eigenvalue weighted by Gasteiger charge is 2.21. The average Bonchev–Trinajstić information content (AvgIpc) is 3.22. The molecular weight excluding hydrogens is 366 g/mol. The largest absolute Gasteiger partial charge is 0.369 e. The molecule has 0 unspecified atom stereocenters. The maximum atomic E-state index is 6.58. The number of aliphatic imine (C=N–C) groups is 1. The van der Waals surface area contributed by atoms with Gasteiger partial charge in [-0.3, -0.25) is 0 Å². The number of benzene rings is 4. The summed E-state index contributed by atoms with van der Waals surface area (Å²) in [5.41, 5.74) is 12.7. The van der Waals surface area contributed by atoms with E-state index in [1.54, 1.807) is 0 Å². The first-order chi connectivity index (χ1) is 14.7. The molecule has 0 spiro atoms. The normalized spacial score (nSPS) is 13.2. The zero-order valence-electron chi connectivity index (χ0n) is 17.1. The SMILES string of the molecule is CN(C(N)=Nc1ccc2c3c(cccc13)CC2)C(c1ccccc1)c1ccccc1. The van der Waals surface area contributed by atoms with E-state index in [9.17, 15) is 0 Å². The van der Waals surface area contributed by atoms with Gasteiger partial charge in [-0.1, -0.05) is 84.9 Å². The average molecular weight is 392 g/mol. The fourth-order valence-electron chi connectivity index (χ4n) is 4.57. The van der Waals surface area contributed by atoms with Crippen molar-refractivity contribution >= 4 is 22.4 Å². The van der Waals surface area contributed by atoms with Gasteiger partial charge in [-0.15, -0.1) is 0 Å². The summed E-state index contributed by atoms with van der Waals surface area (Å²) >= 11 is 0. The van der Waals surface area contributed by atoms with E-state index in [-0.39, 0.29) is 6.04 Å². The second kappa shape index (κ2) is 7.68. The van der Waals surface area contributed by atoms with Gasteiger partial charge >= 0.3 is 0 Å². The van der Waals surface area contributed by atoms with Crippen molar-refractivity contribution in [2.75, 3.05) is 7.05 Å². The van der Waals surface area contributed by atoms with Crippen molar-refractivity contribution in [3.63, 3.8) is 0 Å². The Kier molecular flexibility index (Phi) is 4.72. The molecule has 0 bridgehead atoms. The van der Waals surface area contributed by atoms with E-state index >= 15 is 0 Å². The van der Waals surface area contributed by atoms with E-state index in [0.29, 0.717) is 5.96 Å². The van der Waals surface area contributed by atoms with E-state index in [1.165, 1.54) is 33.0 Å². The van der Waals surface area contributed by atoms with Crippen molar-refractivity contribution in [1.29, 1.82) is 0 Å². The number of nitrogens with zero attached hydrogens (tertiary/aromatic N) is 2. The Bertz CT molecular complexity index is 1160. The minimum atomic E-state index is -0.00654. The molecule has 4 aromatic rings. The molecule has 1 aliphatic carbocycles. The van der Waals surface area contributed by atoms with Crippen molar-refractivity contribution in [2.45, 2.75) is 18.9 Å². The molecule has 0 amide bonds. The molecule has 4 aromatic carbocycles. The lowest BCUT2D eigenvalue weighted by Crippen LogP contribution is -2.37. The lowest BCUT2D eigenvalue weighted by atomic mass is 9.97. The van der Waals surface area contributed by atoms with Crippen molar-refractivity contribution in [3.8, 4) is 0 Å². The molecule has 0 aromatic heterocycles. The molecule has 0 aliphatic heterocycles. The van der Waals surface area contributed by atoms with E-state index in [1.807, 2.05) is 19.2 Å². The Morgan fingerprint density at radius 3 is 2.00 bits per heavy atom. The molecule has 0 saturated carbocycles. The lowest BCUT2D eigenvalue weighted by Gasteiger charge is -2.30. The molecule has 0 atom stereocenters. The molecule has 0 fully saturated rings. The third-order valence-corrected chi connectivity index (χ3v) is 6.07. The molecule has 0 heterocycles. The summed E-state index contributed by atoms with van der Waals surface area (Å²) in [6.45, 7) is 0. The molecule has 0 saturated heterocycles. The fourth-order valence-corrected chi connectivity index (χ4v) is 4.57. The Hall–Kier alpha value is -3.59. The van der Waals surface area contributed by atoms with Gasteiger partial charge in [0.2, 0.25) is 0 Å². The van der Waals surface area contributed by atoms with Gasteiger partial charge in [-0.2, -0.15) is 0 Å². The zero-order valence-corrected chi connectivity index (χ0v) is 17.1. The minimum absolute atomic E-state index is 0.00654. The number of guanidine groups is 1. The molecule has 3 nitrogen and oxygen atoms in total. The Morgan fingerprint density at radius 2 is 1.37 bits per heavy atom. The number of aryl methyl sites for hydroxylation is 2. The van der Waals surface area contributed by atoms with Crippen LogP contribution >= 0.6 is 0 Å². The summed E-state index contributed by atoms with van der Waals surface area (Å²) < 4.78 is 0. The molecular formula is C27H25N3. The number of rotatable bonds is 4. The van der Waals surface area contributed by atoms with Crippen LogP contribution in [0, 0.1) is 0 Å². The van der Waals surface area contributed by atoms with Crippen LogP contribution in [0.15, 0.2) is 96.0 Å². The van der Waals surface area contributed by atoms with Gasteiger partial charge < -0.3 is 10.6 Å². The summed E-state index contributed by atoms with van der Waals surface area (Å²) in [7, 11) is 2.02. The highest BCUT2D eigenvalue weighted by atomic mass is 15.3. The first-order valence-electron chi connectivity index (χ1n) is 10.4. The van der Waals surface area contributed by atoms with Crippen LogP contribution < -0.4 is 5.73 Å². The molecule has 2 N–H and O–H groups in total. The van der Waals surface area contributed by atoms with Crippen LogP contribution in [0.2, 0.25) is 0 Å². The van der Waals surface area contributed by atoms with E-state index in [2.05, 4.69) is 83.8 Å². The number of hydrogen-bond donors (Lipinski definition) is 1. The van der Waals surface area contributed by atoms with Gasteiger partial charge in [0.05, 0.1) is 11.7 Å². The fraction of sp³-hybridized carbons (Fsp3) is 0.148. The first-order valence-corrected chi connectivity index (χ1v) is 10.4. The van der Waals surface area contributed by atoms with Crippen molar-refractivity contribution in [3.05, 3.63) is 113 Å². The predicted molar refractivity (Wildman–Crippen MR) is 125 cm³/mol. The van der Waals surface area contributed by atoms with Gasteiger partial charge in [-0.05, 0) is 46.5 Å². The summed E-state index contributed by atoms with van der Waals surface area (Å²) in [4.78, 5) is 6.95. The number of nitrogens with two attached hydrogens (primary N) is 1. The van der Waals surface area contributed by atoms with Crippen LogP contribution in [-0.4, -0.2) is 17.9 Å². The molecule has 0 radical (unpaired) electrons. The van der Waals surface area contributed by atoms with Crippen LogP contribution in [0.5, 0.6) is 0 Å². The van der Waals surface area contributed by atoms with Gasteiger partial charge in [0.15, 0.2) is 5.96 Å². The van der Waals surface area contributed by atoms with Gasteiger partial charge in [0, 0.05) is 12.4 Å². The molecule has 5 rings (SSSR count). The van der Waals surface area contributed by atoms with Crippen molar-refractivity contribution in [1.82, 2.24) is 4.90 Å². The maximum Gasteiger partial charge on any atom is 0.197 e. The van der Waals surface area contributed by atoms with Crippen LogP contribution in [0.4, 0.5) is 5.69 Å². The van der Waals surface area contributed by atoms with Crippen LogP contribution in [0.3, 0.4) is 0 Å².